The number of H-pyrrole nitrogens is 1. The summed E-state index contributed by atoms with van der Waals surface area (Å²) in [5.74, 6) is 0.656. The van der Waals surface area contributed by atoms with Crippen molar-refractivity contribution in [3.05, 3.63) is 44.6 Å². The minimum Gasteiger partial charge on any atom is -0.375 e. The molecule has 0 amide bonds. The first-order valence-corrected chi connectivity index (χ1v) is 6.58. The summed E-state index contributed by atoms with van der Waals surface area (Å²) in [7, 11) is 0. The van der Waals surface area contributed by atoms with Gasteiger partial charge in [-0.05, 0) is 48.2 Å². The molecule has 0 aliphatic carbocycles. The summed E-state index contributed by atoms with van der Waals surface area (Å²) in [6.07, 6.45) is 5.24. The molecule has 0 unspecified atom stereocenters. The van der Waals surface area contributed by atoms with Crippen molar-refractivity contribution in [1.82, 2.24) is 10.4 Å². The maximum Gasteiger partial charge on any atom is 0.390 e. The third-order valence-electron chi connectivity index (χ3n) is 2.27. The Bertz CT molecular complexity index is 671. The minimum atomic E-state index is -0.153. The largest absolute Gasteiger partial charge is 0.390 e. The fourth-order valence-corrected chi connectivity index (χ4v) is 2.17. The Labute approximate surface area is 118 Å². The van der Waals surface area contributed by atoms with Gasteiger partial charge in [-0.15, -0.1) is 0 Å². The number of aryl methyl sites for hydroxylation is 1. The van der Waals surface area contributed by atoms with Crippen LogP contribution in [-0.2, 0) is 0 Å². The second kappa shape index (κ2) is 5.72. The third kappa shape index (κ3) is 3.46. The van der Waals surface area contributed by atoms with Gasteiger partial charge in [-0.25, -0.2) is 9.36 Å². The van der Waals surface area contributed by atoms with Gasteiger partial charge in [0.2, 0.25) is 0 Å². The van der Waals surface area contributed by atoms with Gasteiger partial charge in [-0.1, -0.05) is 0 Å². The van der Waals surface area contributed by atoms with E-state index in [0.29, 0.717) is 10.7 Å². The molecule has 0 atom stereocenters. The predicted molar refractivity (Wildman–Crippen MR) is 78.7 cm³/mol. The molecule has 2 aromatic heterocycles. The fourth-order valence-electron chi connectivity index (χ4n) is 1.42. The van der Waals surface area contributed by atoms with E-state index in [9.17, 15) is 4.79 Å². The van der Waals surface area contributed by atoms with Crippen LogP contribution in [0, 0.1) is 6.92 Å². The molecule has 0 fully saturated rings. The van der Waals surface area contributed by atoms with Gasteiger partial charge >= 0.3 is 10.7 Å². The second-order valence-corrected chi connectivity index (χ2v) is 5.20. The Morgan fingerprint density at radius 2 is 2.26 bits per heavy atom. The lowest BCUT2D eigenvalue weighted by Gasteiger charge is -1.97. The summed E-state index contributed by atoms with van der Waals surface area (Å²) in [6, 6.07) is 3.90. The lowest BCUT2D eigenvalue weighted by Crippen LogP contribution is -2.32. The highest BCUT2D eigenvalue weighted by Gasteiger charge is 2.15. The van der Waals surface area contributed by atoms with Gasteiger partial charge in [0.15, 0.2) is 5.11 Å². The first-order valence-electron chi connectivity index (χ1n) is 5.36. The number of pyridine rings is 1. The van der Waals surface area contributed by atoms with Gasteiger partial charge in [0, 0.05) is 0 Å². The van der Waals surface area contributed by atoms with Crippen LogP contribution in [0.2, 0.25) is 0 Å². The number of aromatic nitrogens is 2. The zero-order chi connectivity index (χ0) is 13.8. The molecule has 98 valence electrons. The molecular weight excluding hydrogens is 282 g/mol. The third-order valence-corrected chi connectivity index (χ3v) is 3.16. The number of hydrazone groups is 1. The topological polar surface area (TPSA) is 87.1 Å². The van der Waals surface area contributed by atoms with Gasteiger partial charge < -0.3 is 5.73 Å². The number of thiazole rings is 1. The van der Waals surface area contributed by atoms with Crippen LogP contribution in [0.1, 0.15) is 10.4 Å². The first-order chi connectivity index (χ1) is 9.06. The highest BCUT2D eigenvalue weighted by Crippen LogP contribution is 2.06. The Morgan fingerprint density at radius 3 is 2.89 bits per heavy atom. The van der Waals surface area contributed by atoms with E-state index >= 15 is 0 Å². The lowest BCUT2D eigenvalue weighted by atomic mass is 10.3. The van der Waals surface area contributed by atoms with Crippen LogP contribution in [0.5, 0.6) is 0 Å². The van der Waals surface area contributed by atoms with Crippen molar-refractivity contribution in [3.63, 3.8) is 0 Å². The number of rotatable bonds is 3. The van der Waals surface area contributed by atoms with E-state index in [4.69, 9.17) is 5.73 Å². The van der Waals surface area contributed by atoms with E-state index in [1.165, 1.54) is 6.21 Å². The molecule has 8 heteroatoms. The molecule has 0 spiro atoms. The van der Waals surface area contributed by atoms with Gasteiger partial charge in [0.25, 0.3) is 0 Å². The summed E-state index contributed by atoms with van der Waals surface area (Å²) in [5, 5.41) is 3.93. The minimum absolute atomic E-state index is 0.0728. The maximum atomic E-state index is 11.5. The number of aromatic amines is 1. The number of hydrogen-bond donors (Lipinski definition) is 3. The first kappa shape index (κ1) is 13.4. The van der Waals surface area contributed by atoms with E-state index < -0.39 is 0 Å². The van der Waals surface area contributed by atoms with Crippen LogP contribution in [0.3, 0.4) is 0 Å². The smallest absolute Gasteiger partial charge is 0.375 e. The normalized spacial score (nSPS) is 10.8. The molecule has 0 saturated heterocycles. The van der Waals surface area contributed by atoms with Crippen LogP contribution in [0.15, 0.2) is 34.4 Å². The Balaban J connectivity index is 2.35. The molecule has 2 heterocycles. The monoisotopic (exact) mass is 294 g/mol. The van der Waals surface area contributed by atoms with Crippen LogP contribution in [0.25, 0.3) is 5.82 Å². The van der Waals surface area contributed by atoms with Crippen molar-refractivity contribution in [2.75, 3.05) is 0 Å². The van der Waals surface area contributed by atoms with E-state index in [1.807, 2.05) is 36.0 Å². The van der Waals surface area contributed by atoms with Gasteiger partial charge in [0.1, 0.15) is 4.88 Å². The van der Waals surface area contributed by atoms with Crippen molar-refractivity contribution in [3.8, 4) is 5.82 Å². The number of nitrogens with one attached hydrogen (secondary N) is 2. The molecule has 0 radical (unpaired) electrons. The maximum absolute atomic E-state index is 11.5. The zero-order valence-corrected chi connectivity index (χ0v) is 11.7. The van der Waals surface area contributed by atoms with Crippen molar-refractivity contribution < 1.29 is 4.57 Å². The fraction of sp³-hybridized carbons (Fsp3) is 0.0909. The molecule has 0 saturated carbocycles. The van der Waals surface area contributed by atoms with Crippen LogP contribution in [-0.4, -0.2) is 16.3 Å². The standard InChI is InChI=1S/C11H11N5OS2/c1-7-2-4-16(5-3-7)9-8(19-11(17)14-9)6-13-15-10(12)18/h2-6H,1H3,(H3-,12,13,14,15,17,18)/p+1. The molecule has 2 aromatic rings. The van der Waals surface area contributed by atoms with Crippen LogP contribution < -0.4 is 20.6 Å². The lowest BCUT2D eigenvalue weighted by molar-refractivity contribution is -0.599. The van der Waals surface area contributed by atoms with E-state index in [1.54, 1.807) is 0 Å². The highest BCUT2D eigenvalue weighted by atomic mass is 32.1. The number of nitrogens with zero attached hydrogens (tertiary/aromatic N) is 2. The van der Waals surface area contributed by atoms with Gasteiger partial charge in [0.05, 0.1) is 18.6 Å². The molecule has 0 bridgehead atoms. The van der Waals surface area contributed by atoms with Crippen molar-refractivity contribution in [1.29, 1.82) is 0 Å². The molecule has 0 aliphatic heterocycles. The SMILES string of the molecule is Cc1cc[n+](-c2[nH]c(=O)sc2/C=N/NC(N)=S)cc1. The van der Waals surface area contributed by atoms with Crippen LogP contribution in [0.4, 0.5) is 0 Å². The molecule has 4 N–H and O–H groups in total. The van der Waals surface area contributed by atoms with E-state index in [-0.39, 0.29) is 9.99 Å². The van der Waals surface area contributed by atoms with E-state index in [2.05, 4.69) is 27.7 Å². The predicted octanol–water partition coefficient (Wildman–Crippen LogP) is 0.189. The Hall–Kier alpha value is -2.06. The Morgan fingerprint density at radius 1 is 1.58 bits per heavy atom. The van der Waals surface area contributed by atoms with Crippen molar-refractivity contribution in [2.24, 2.45) is 10.8 Å². The molecule has 0 aromatic carbocycles. The summed E-state index contributed by atoms with van der Waals surface area (Å²) in [5.41, 5.74) is 8.85. The van der Waals surface area contributed by atoms with E-state index in [0.717, 1.165) is 16.9 Å². The molecule has 2 rings (SSSR count). The molecule has 19 heavy (non-hydrogen) atoms. The molecule has 0 aliphatic rings. The average Bonchev–Trinajstić information content (AvgIpc) is 2.71. The summed E-state index contributed by atoms with van der Waals surface area (Å²) in [6.45, 7) is 2.00. The van der Waals surface area contributed by atoms with Gasteiger partial charge in [-0.3, -0.25) is 5.43 Å². The Kier molecular flexibility index (Phi) is 4.03. The summed E-state index contributed by atoms with van der Waals surface area (Å²) >= 11 is 5.70. The summed E-state index contributed by atoms with van der Waals surface area (Å²) < 4.78 is 1.81. The molecular formula is C11H12N5OS2+. The van der Waals surface area contributed by atoms with Crippen LogP contribution >= 0.6 is 23.6 Å². The number of thiocarbonyl (C=S) groups is 1. The zero-order valence-electron chi connectivity index (χ0n) is 10.1. The summed E-state index contributed by atoms with van der Waals surface area (Å²) in [4.78, 5) is 14.8. The average molecular weight is 294 g/mol. The number of nitrogens with two attached hydrogens (primary N) is 1. The number of hydrogen-bond acceptors (Lipinski definition) is 4. The highest BCUT2D eigenvalue weighted by molar-refractivity contribution is 7.80. The second-order valence-electron chi connectivity index (χ2n) is 3.74. The van der Waals surface area contributed by atoms with Gasteiger partial charge in [-0.2, -0.15) is 10.1 Å². The van der Waals surface area contributed by atoms with Crippen molar-refractivity contribution in [2.45, 2.75) is 6.92 Å². The molecule has 6 nitrogen and oxygen atoms in total. The quantitative estimate of drug-likeness (QED) is 0.326. The van der Waals surface area contributed by atoms with Crippen molar-refractivity contribution >= 4 is 34.9 Å².